The number of terminal acetylenes is 1. The van der Waals surface area contributed by atoms with Crippen LogP contribution >= 0.6 is 0 Å². The van der Waals surface area contributed by atoms with Crippen LogP contribution < -0.4 is 5.56 Å². The molecule has 0 atom stereocenters. The Labute approximate surface area is 198 Å². The average Bonchev–Trinajstić information content (AvgIpc) is 2.87. The van der Waals surface area contributed by atoms with E-state index < -0.39 is 17.3 Å². The molecule has 0 saturated heterocycles. The Hall–Kier alpha value is -4.44. The summed E-state index contributed by atoms with van der Waals surface area (Å²) in [6.07, 6.45) is 5.46. The number of pyridine rings is 3. The zero-order valence-electron chi connectivity index (χ0n) is 18.4. The second-order valence-corrected chi connectivity index (χ2v) is 8.09. The molecule has 0 aliphatic carbocycles. The Balaban J connectivity index is 1.73. The number of aryl methyl sites for hydroxylation is 1. The van der Waals surface area contributed by atoms with Crippen LogP contribution in [-0.4, -0.2) is 14.5 Å². The molecule has 0 aliphatic rings. The van der Waals surface area contributed by atoms with Gasteiger partial charge in [-0.2, -0.15) is 13.2 Å². The summed E-state index contributed by atoms with van der Waals surface area (Å²) in [5, 5.41) is 1.28. The van der Waals surface area contributed by atoms with E-state index in [1.165, 1.54) is 22.8 Å². The van der Waals surface area contributed by atoms with E-state index in [0.29, 0.717) is 34.6 Å². The van der Waals surface area contributed by atoms with Crippen LogP contribution in [0.3, 0.4) is 0 Å². The molecule has 3 heterocycles. The Morgan fingerprint density at radius 2 is 1.74 bits per heavy atom. The Morgan fingerprint density at radius 3 is 2.49 bits per heavy atom. The fourth-order valence-corrected chi connectivity index (χ4v) is 4.11. The van der Waals surface area contributed by atoms with E-state index in [2.05, 4.69) is 15.9 Å². The normalized spacial score (nSPS) is 11.6. The third-order valence-electron chi connectivity index (χ3n) is 5.83. The van der Waals surface area contributed by atoms with Crippen LogP contribution in [0, 0.1) is 12.3 Å². The Morgan fingerprint density at radius 1 is 0.914 bits per heavy atom. The van der Waals surface area contributed by atoms with Gasteiger partial charge in [0.2, 0.25) is 0 Å². The van der Waals surface area contributed by atoms with Crippen LogP contribution in [0.1, 0.15) is 17.7 Å². The number of alkyl halides is 3. The highest BCUT2D eigenvalue weighted by Crippen LogP contribution is 2.32. The van der Waals surface area contributed by atoms with Gasteiger partial charge in [-0.05, 0) is 48.0 Å². The van der Waals surface area contributed by atoms with Crippen molar-refractivity contribution in [3.8, 4) is 29.2 Å². The molecule has 0 saturated carbocycles. The Kier molecular flexibility index (Phi) is 5.58. The van der Waals surface area contributed by atoms with Gasteiger partial charge in [-0.15, -0.1) is 12.3 Å². The topological polar surface area (TPSA) is 47.8 Å². The zero-order valence-corrected chi connectivity index (χ0v) is 18.4. The molecular formula is C28H18F3N3O. The SMILES string of the molecule is C#CCCc1ccc(-c2ccc3ncc4ccc(=O)n(-c5cccc(C(F)(F)F)c5)c4c3c2)cn1. The first kappa shape index (κ1) is 22.4. The number of fused-ring (bicyclic) bond motifs is 3. The average molecular weight is 469 g/mol. The summed E-state index contributed by atoms with van der Waals surface area (Å²) in [6.45, 7) is 0. The maximum Gasteiger partial charge on any atom is 0.416 e. The number of benzene rings is 2. The molecular weight excluding hydrogens is 451 g/mol. The molecule has 5 aromatic rings. The van der Waals surface area contributed by atoms with Crippen LogP contribution in [0.5, 0.6) is 0 Å². The van der Waals surface area contributed by atoms with Crippen molar-refractivity contribution in [2.24, 2.45) is 0 Å². The fourth-order valence-electron chi connectivity index (χ4n) is 4.11. The molecule has 0 N–H and O–H groups in total. The summed E-state index contributed by atoms with van der Waals surface area (Å²) in [6, 6.07) is 17.2. The first-order chi connectivity index (χ1) is 16.8. The van der Waals surface area contributed by atoms with Crippen LogP contribution in [0.4, 0.5) is 13.2 Å². The third-order valence-corrected chi connectivity index (χ3v) is 5.83. The molecule has 0 amide bonds. The van der Waals surface area contributed by atoms with Gasteiger partial charge in [-0.3, -0.25) is 19.3 Å². The summed E-state index contributed by atoms with van der Waals surface area (Å²) in [4.78, 5) is 21.9. The molecule has 0 unspecified atom stereocenters. The van der Waals surface area contributed by atoms with Gasteiger partial charge in [-0.25, -0.2) is 0 Å². The highest BCUT2D eigenvalue weighted by molar-refractivity contribution is 6.05. The molecule has 5 rings (SSSR count). The lowest BCUT2D eigenvalue weighted by Gasteiger charge is -2.15. The van der Waals surface area contributed by atoms with Crippen LogP contribution in [-0.2, 0) is 12.6 Å². The van der Waals surface area contributed by atoms with Crippen molar-refractivity contribution in [1.29, 1.82) is 0 Å². The zero-order chi connectivity index (χ0) is 24.6. The largest absolute Gasteiger partial charge is 0.416 e. The summed E-state index contributed by atoms with van der Waals surface area (Å²) in [5.41, 5.74) is 2.56. The van der Waals surface area contributed by atoms with Gasteiger partial charge in [0.25, 0.3) is 5.56 Å². The summed E-state index contributed by atoms with van der Waals surface area (Å²) in [5.74, 6) is 2.60. The van der Waals surface area contributed by atoms with Crippen molar-refractivity contribution in [2.45, 2.75) is 19.0 Å². The number of hydrogen-bond donors (Lipinski definition) is 0. The monoisotopic (exact) mass is 469 g/mol. The number of rotatable bonds is 4. The molecule has 0 bridgehead atoms. The van der Waals surface area contributed by atoms with Crippen LogP contribution in [0.25, 0.3) is 38.6 Å². The number of nitrogens with zero attached hydrogens (tertiary/aromatic N) is 3. The minimum atomic E-state index is -4.53. The molecule has 0 fully saturated rings. The summed E-state index contributed by atoms with van der Waals surface area (Å²) in [7, 11) is 0. The minimum Gasteiger partial charge on any atom is -0.276 e. The van der Waals surface area contributed by atoms with Gasteiger partial charge in [-0.1, -0.05) is 18.2 Å². The van der Waals surface area contributed by atoms with Crippen molar-refractivity contribution in [3.05, 3.63) is 101 Å². The number of aromatic nitrogens is 3. The fraction of sp³-hybridized carbons (Fsp3) is 0.107. The molecule has 3 aromatic heterocycles. The summed E-state index contributed by atoms with van der Waals surface area (Å²) >= 11 is 0. The predicted molar refractivity (Wildman–Crippen MR) is 130 cm³/mol. The Bertz CT molecular complexity index is 1660. The van der Waals surface area contributed by atoms with E-state index in [-0.39, 0.29) is 5.69 Å². The molecule has 0 aliphatic heterocycles. The highest BCUT2D eigenvalue weighted by atomic mass is 19.4. The van der Waals surface area contributed by atoms with Gasteiger partial charge in [0.05, 0.1) is 16.6 Å². The molecule has 35 heavy (non-hydrogen) atoms. The first-order valence-corrected chi connectivity index (χ1v) is 10.9. The lowest BCUT2D eigenvalue weighted by Crippen LogP contribution is -2.18. The minimum absolute atomic E-state index is 0.132. The highest BCUT2D eigenvalue weighted by Gasteiger charge is 2.30. The van der Waals surface area contributed by atoms with Gasteiger partial charge >= 0.3 is 6.18 Å². The van der Waals surface area contributed by atoms with Gasteiger partial charge in [0.1, 0.15) is 0 Å². The predicted octanol–water partition coefficient (Wildman–Crippen LogP) is 6.19. The van der Waals surface area contributed by atoms with Crippen LogP contribution in [0.2, 0.25) is 0 Å². The van der Waals surface area contributed by atoms with E-state index in [1.807, 2.05) is 30.3 Å². The molecule has 4 nitrogen and oxygen atoms in total. The van der Waals surface area contributed by atoms with Crippen molar-refractivity contribution >= 4 is 21.8 Å². The van der Waals surface area contributed by atoms with Crippen molar-refractivity contribution in [3.63, 3.8) is 0 Å². The van der Waals surface area contributed by atoms with E-state index in [0.717, 1.165) is 29.0 Å². The number of halogens is 3. The van der Waals surface area contributed by atoms with E-state index in [9.17, 15) is 18.0 Å². The van der Waals surface area contributed by atoms with Crippen molar-refractivity contribution in [2.75, 3.05) is 0 Å². The standard InChI is InChI=1S/C28H18F3N3O/c1-2-3-6-22-11-8-19(16-32-22)18-9-12-25-24(14-18)27-20(17-33-25)10-13-26(35)34(27)23-7-4-5-21(15-23)28(29,30)31/h1,4-5,7-17H,3,6H2. The van der Waals surface area contributed by atoms with Crippen LogP contribution in [0.15, 0.2) is 83.9 Å². The van der Waals surface area contributed by atoms with Gasteiger partial charge in [0.15, 0.2) is 0 Å². The van der Waals surface area contributed by atoms with E-state index in [1.54, 1.807) is 18.5 Å². The lowest BCUT2D eigenvalue weighted by atomic mass is 10.0. The molecule has 7 heteroatoms. The smallest absolute Gasteiger partial charge is 0.276 e. The maximum absolute atomic E-state index is 13.4. The van der Waals surface area contributed by atoms with Crippen molar-refractivity contribution in [1.82, 2.24) is 14.5 Å². The number of hydrogen-bond acceptors (Lipinski definition) is 3. The lowest BCUT2D eigenvalue weighted by molar-refractivity contribution is -0.137. The third kappa shape index (κ3) is 4.26. The maximum atomic E-state index is 13.4. The summed E-state index contributed by atoms with van der Waals surface area (Å²) < 4.78 is 41.4. The quantitative estimate of drug-likeness (QED) is 0.233. The molecule has 0 radical (unpaired) electrons. The van der Waals surface area contributed by atoms with Gasteiger partial charge in [0, 0.05) is 59.0 Å². The second-order valence-electron chi connectivity index (χ2n) is 8.09. The first-order valence-electron chi connectivity index (χ1n) is 10.9. The van der Waals surface area contributed by atoms with Crippen molar-refractivity contribution < 1.29 is 13.2 Å². The molecule has 0 spiro atoms. The van der Waals surface area contributed by atoms with E-state index >= 15 is 0 Å². The van der Waals surface area contributed by atoms with Gasteiger partial charge < -0.3 is 0 Å². The molecule has 2 aromatic carbocycles. The second kappa shape index (κ2) is 8.73. The molecule has 172 valence electrons. The van der Waals surface area contributed by atoms with E-state index in [4.69, 9.17) is 6.42 Å².